The number of ether oxygens (including phenoxy) is 3. The van der Waals surface area contributed by atoms with Gasteiger partial charge in [0.15, 0.2) is 0 Å². The van der Waals surface area contributed by atoms with Crippen molar-refractivity contribution < 1.29 is 19.0 Å². The minimum Gasteiger partial charge on any atom is -0.457 e. The average Bonchev–Trinajstić information content (AvgIpc) is 3.01. The second kappa shape index (κ2) is 8.82. The summed E-state index contributed by atoms with van der Waals surface area (Å²) in [5, 5.41) is 17.9. The van der Waals surface area contributed by atoms with Gasteiger partial charge in [-0.25, -0.2) is 4.79 Å². The topological polar surface area (TPSA) is 92.3 Å². The zero-order chi connectivity index (χ0) is 23.5. The van der Waals surface area contributed by atoms with Crippen LogP contribution in [0.3, 0.4) is 0 Å². The molecule has 0 spiro atoms. The van der Waals surface area contributed by atoms with Gasteiger partial charge in [0.25, 0.3) is 0 Å². The minimum atomic E-state index is -0.439. The first-order valence-corrected chi connectivity index (χ1v) is 10.4. The number of carbonyl (C=O) groups is 1. The summed E-state index contributed by atoms with van der Waals surface area (Å²) in [5.41, 5.74) is 3.94. The molecule has 0 atom stereocenters. The molecule has 4 aromatic carbocycles. The second-order valence-electron chi connectivity index (χ2n) is 7.58. The molecule has 0 amide bonds. The molecule has 1 heterocycles. The Bertz CT molecular complexity index is 1480. The third kappa shape index (κ3) is 4.17. The molecule has 0 aromatic heterocycles. The van der Waals surface area contributed by atoms with Crippen molar-refractivity contribution in [2.24, 2.45) is 0 Å². The average molecular weight is 444 g/mol. The largest absolute Gasteiger partial charge is 0.457 e. The third-order valence-electron chi connectivity index (χ3n) is 5.37. The Kier molecular flexibility index (Phi) is 5.40. The first kappa shape index (κ1) is 20.8. The van der Waals surface area contributed by atoms with Gasteiger partial charge in [0, 0.05) is 5.56 Å². The molecule has 6 nitrogen and oxygen atoms in total. The van der Waals surface area contributed by atoms with E-state index in [1.807, 2.05) is 24.3 Å². The van der Waals surface area contributed by atoms with E-state index in [1.54, 1.807) is 60.7 Å². The van der Waals surface area contributed by atoms with Gasteiger partial charge in [0.05, 0.1) is 28.8 Å². The van der Waals surface area contributed by atoms with Gasteiger partial charge < -0.3 is 14.2 Å². The van der Waals surface area contributed by atoms with Crippen molar-refractivity contribution in [3.8, 4) is 46.3 Å². The fourth-order valence-electron chi connectivity index (χ4n) is 3.69. The molecule has 1 aliphatic heterocycles. The molecule has 0 aliphatic carbocycles. The molecule has 34 heavy (non-hydrogen) atoms. The molecule has 162 valence electrons. The lowest BCUT2D eigenvalue weighted by atomic mass is 9.96. The van der Waals surface area contributed by atoms with Crippen LogP contribution >= 0.6 is 0 Å². The highest BCUT2D eigenvalue weighted by molar-refractivity contribution is 5.99. The quantitative estimate of drug-likeness (QED) is 0.341. The normalized spacial score (nSPS) is 11.6. The molecule has 0 saturated carbocycles. The summed E-state index contributed by atoms with van der Waals surface area (Å²) in [6.45, 7) is 0.110. The highest BCUT2D eigenvalue weighted by atomic mass is 16.5. The van der Waals surface area contributed by atoms with E-state index in [1.165, 1.54) is 0 Å². The van der Waals surface area contributed by atoms with Gasteiger partial charge in [-0.3, -0.25) is 0 Å². The minimum absolute atomic E-state index is 0.110. The fraction of sp³-hybridized carbons (Fsp3) is 0.0357. The van der Waals surface area contributed by atoms with Gasteiger partial charge in [-0.05, 0) is 90.0 Å². The predicted molar refractivity (Wildman–Crippen MR) is 123 cm³/mol. The van der Waals surface area contributed by atoms with Crippen molar-refractivity contribution in [2.75, 3.05) is 0 Å². The number of benzene rings is 4. The SMILES string of the molecule is N#Cc1ccc(Oc2ccc3c(c2)COC(=O)c2cc(Oc4ccc(C#N)cc4)ccc2-3)cc1. The van der Waals surface area contributed by atoms with Crippen LogP contribution in [0.2, 0.25) is 0 Å². The van der Waals surface area contributed by atoms with Crippen LogP contribution in [0.15, 0.2) is 84.9 Å². The standard InChI is InChI=1S/C28H16N2O4/c29-15-18-1-5-21(6-2-18)33-23-9-11-25-20(13-23)17-32-28(31)27-14-24(10-12-26(25)27)34-22-7-3-19(16-30)4-8-22/h1-14H,17H2. The Morgan fingerprint density at radius 2 is 1.12 bits per heavy atom. The van der Waals surface area contributed by atoms with Gasteiger partial charge in [0.2, 0.25) is 0 Å². The number of nitriles is 2. The first-order valence-electron chi connectivity index (χ1n) is 10.4. The van der Waals surface area contributed by atoms with Crippen molar-refractivity contribution in [1.29, 1.82) is 10.5 Å². The van der Waals surface area contributed by atoms with Crippen molar-refractivity contribution >= 4 is 5.97 Å². The summed E-state index contributed by atoms with van der Waals surface area (Å²) in [5.74, 6) is 1.82. The van der Waals surface area contributed by atoms with E-state index in [2.05, 4.69) is 12.1 Å². The van der Waals surface area contributed by atoms with Gasteiger partial charge in [-0.1, -0.05) is 6.07 Å². The Hall–Kier alpha value is -5.07. The molecule has 6 heteroatoms. The van der Waals surface area contributed by atoms with Crippen LogP contribution in [-0.2, 0) is 11.3 Å². The van der Waals surface area contributed by atoms with Crippen molar-refractivity contribution in [3.63, 3.8) is 0 Å². The van der Waals surface area contributed by atoms with Crippen LogP contribution in [-0.4, -0.2) is 5.97 Å². The van der Waals surface area contributed by atoms with Crippen molar-refractivity contribution in [1.82, 2.24) is 0 Å². The van der Waals surface area contributed by atoms with Crippen LogP contribution in [0, 0.1) is 22.7 Å². The zero-order valence-electron chi connectivity index (χ0n) is 17.8. The molecule has 0 N–H and O–H groups in total. The highest BCUT2D eigenvalue weighted by Gasteiger charge is 2.23. The van der Waals surface area contributed by atoms with Crippen molar-refractivity contribution in [3.05, 3.63) is 107 Å². The lowest BCUT2D eigenvalue weighted by Gasteiger charge is -2.12. The van der Waals surface area contributed by atoms with E-state index in [4.69, 9.17) is 24.7 Å². The fourth-order valence-corrected chi connectivity index (χ4v) is 3.69. The number of nitrogens with zero attached hydrogens (tertiary/aromatic N) is 2. The Morgan fingerprint density at radius 3 is 1.68 bits per heavy atom. The van der Waals surface area contributed by atoms with E-state index >= 15 is 0 Å². The smallest absolute Gasteiger partial charge is 0.339 e. The predicted octanol–water partition coefficient (Wildman–Crippen LogP) is 6.35. The maximum Gasteiger partial charge on any atom is 0.339 e. The molecular weight excluding hydrogens is 428 g/mol. The Balaban J connectivity index is 1.43. The molecule has 0 unspecified atom stereocenters. The summed E-state index contributed by atoms with van der Waals surface area (Å²) in [4.78, 5) is 12.7. The monoisotopic (exact) mass is 444 g/mol. The van der Waals surface area contributed by atoms with E-state index in [-0.39, 0.29) is 6.61 Å². The summed E-state index contributed by atoms with van der Waals surface area (Å²) in [7, 11) is 0. The number of rotatable bonds is 4. The zero-order valence-corrected chi connectivity index (χ0v) is 17.8. The van der Waals surface area contributed by atoms with E-state index in [9.17, 15) is 4.79 Å². The first-order chi connectivity index (χ1) is 16.6. The maximum atomic E-state index is 12.7. The number of fused-ring (bicyclic) bond motifs is 3. The molecule has 0 saturated heterocycles. The van der Waals surface area contributed by atoms with Crippen LogP contribution < -0.4 is 9.47 Å². The molecule has 0 bridgehead atoms. The molecule has 0 radical (unpaired) electrons. The Labute approximate surface area is 195 Å². The Morgan fingerprint density at radius 1 is 0.618 bits per heavy atom. The highest BCUT2D eigenvalue weighted by Crippen LogP contribution is 2.37. The number of hydrogen-bond acceptors (Lipinski definition) is 6. The molecular formula is C28H16N2O4. The number of esters is 1. The van der Waals surface area contributed by atoms with Crippen molar-refractivity contribution in [2.45, 2.75) is 6.61 Å². The molecule has 1 aliphatic rings. The lowest BCUT2D eigenvalue weighted by molar-refractivity contribution is 0.0478. The summed E-state index contributed by atoms with van der Waals surface area (Å²) < 4.78 is 17.3. The van der Waals surface area contributed by atoms with Gasteiger partial charge >= 0.3 is 5.97 Å². The summed E-state index contributed by atoms with van der Waals surface area (Å²) >= 11 is 0. The van der Waals surface area contributed by atoms with E-state index in [0.29, 0.717) is 39.7 Å². The molecule has 5 rings (SSSR count). The number of hydrogen-bond donors (Lipinski definition) is 0. The second-order valence-corrected chi connectivity index (χ2v) is 7.58. The van der Waals surface area contributed by atoms with Crippen LogP contribution in [0.25, 0.3) is 11.1 Å². The summed E-state index contributed by atoms with van der Waals surface area (Å²) in [6.07, 6.45) is 0. The number of cyclic esters (lactones) is 1. The lowest BCUT2D eigenvalue weighted by Crippen LogP contribution is -2.03. The molecule has 0 fully saturated rings. The van der Waals surface area contributed by atoms with Crippen LogP contribution in [0.5, 0.6) is 23.0 Å². The van der Waals surface area contributed by atoms with Crippen LogP contribution in [0.4, 0.5) is 0 Å². The third-order valence-corrected chi connectivity index (χ3v) is 5.37. The van der Waals surface area contributed by atoms with Gasteiger partial charge in [0.1, 0.15) is 29.6 Å². The number of carbonyl (C=O) groups excluding carboxylic acids is 1. The van der Waals surface area contributed by atoms with Gasteiger partial charge in [-0.15, -0.1) is 0 Å². The van der Waals surface area contributed by atoms with E-state index in [0.717, 1.165) is 16.7 Å². The van der Waals surface area contributed by atoms with Crippen LogP contribution in [0.1, 0.15) is 27.0 Å². The summed E-state index contributed by atoms with van der Waals surface area (Å²) in [6, 6.07) is 28.6. The molecule has 4 aromatic rings. The van der Waals surface area contributed by atoms with Gasteiger partial charge in [-0.2, -0.15) is 10.5 Å². The maximum absolute atomic E-state index is 12.7. The van der Waals surface area contributed by atoms with E-state index < -0.39 is 5.97 Å².